The van der Waals surface area contributed by atoms with Crippen LogP contribution in [0.3, 0.4) is 0 Å². The van der Waals surface area contributed by atoms with Crippen LogP contribution in [0.1, 0.15) is 76.7 Å². The van der Waals surface area contributed by atoms with Crippen LogP contribution in [-0.2, 0) is 23.9 Å². The second-order valence-corrected chi connectivity index (χ2v) is 12.8. The molecule has 2 fully saturated rings. The molecule has 0 saturated carbocycles. The fourth-order valence-corrected chi connectivity index (χ4v) is 5.20. The van der Waals surface area contributed by atoms with E-state index in [1.165, 1.54) is 11.1 Å². The zero-order valence-corrected chi connectivity index (χ0v) is 28.4. The third-order valence-corrected chi connectivity index (χ3v) is 7.67. The summed E-state index contributed by atoms with van der Waals surface area (Å²) in [6.45, 7) is 10.2. The van der Waals surface area contributed by atoms with Crippen molar-refractivity contribution in [3.05, 3.63) is 42.1 Å². The second kappa shape index (κ2) is 17.7. The van der Waals surface area contributed by atoms with Crippen molar-refractivity contribution >= 4 is 23.9 Å². The SMILES string of the molecule is CCCCOC(=O)ON1CCN(C(=O)[C@H](CCC(=O)OC(C)(C)C)NC(=O)c2cc(OC3CCNCC3)nc(-c3ccccc3)n2)CC1. The Kier molecular flexibility index (Phi) is 13.5. The lowest BCUT2D eigenvalue weighted by molar-refractivity contribution is -0.158. The van der Waals surface area contributed by atoms with E-state index >= 15 is 0 Å². The van der Waals surface area contributed by atoms with Crippen molar-refractivity contribution in [2.24, 2.45) is 0 Å². The molecule has 1 aromatic carbocycles. The molecule has 0 spiro atoms. The number of hydroxylamine groups is 2. The summed E-state index contributed by atoms with van der Waals surface area (Å²) >= 11 is 0. The monoisotopic (exact) mass is 668 g/mol. The summed E-state index contributed by atoms with van der Waals surface area (Å²) in [6, 6.07) is 9.68. The minimum atomic E-state index is -1.06. The van der Waals surface area contributed by atoms with Crippen LogP contribution >= 0.6 is 0 Å². The number of carbonyl (C=O) groups excluding carboxylic acids is 4. The summed E-state index contributed by atoms with van der Waals surface area (Å²) in [4.78, 5) is 68.2. The molecule has 2 aliphatic rings. The minimum absolute atomic E-state index is 0.00894. The number of esters is 1. The van der Waals surface area contributed by atoms with Crippen molar-refractivity contribution in [1.29, 1.82) is 0 Å². The summed E-state index contributed by atoms with van der Waals surface area (Å²) in [5.41, 5.74) is 0.0323. The van der Waals surface area contributed by atoms with Crippen LogP contribution in [0.2, 0.25) is 0 Å². The van der Waals surface area contributed by atoms with Gasteiger partial charge in [-0.25, -0.2) is 9.78 Å². The summed E-state index contributed by atoms with van der Waals surface area (Å²) in [7, 11) is 0. The molecule has 48 heavy (non-hydrogen) atoms. The molecule has 2 saturated heterocycles. The molecule has 2 aliphatic heterocycles. The van der Waals surface area contributed by atoms with Gasteiger partial charge in [0.05, 0.1) is 19.7 Å². The Balaban J connectivity index is 1.49. The number of nitrogens with zero attached hydrogens (tertiary/aromatic N) is 4. The molecule has 3 heterocycles. The number of unbranched alkanes of at least 4 members (excludes halogenated alkanes) is 1. The number of rotatable bonds is 13. The van der Waals surface area contributed by atoms with Crippen LogP contribution in [0.5, 0.6) is 5.88 Å². The molecule has 1 atom stereocenters. The Bertz CT molecular complexity index is 1370. The van der Waals surface area contributed by atoms with E-state index in [0.717, 1.165) is 38.8 Å². The van der Waals surface area contributed by atoms with Crippen LogP contribution in [0.4, 0.5) is 4.79 Å². The van der Waals surface area contributed by atoms with Gasteiger partial charge in [-0.2, -0.15) is 4.98 Å². The highest BCUT2D eigenvalue weighted by Crippen LogP contribution is 2.22. The summed E-state index contributed by atoms with van der Waals surface area (Å²) in [5, 5.41) is 7.57. The quantitative estimate of drug-likeness (QED) is 0.236. The van der Waals surface area contributed by atoms with E-state index in [9.17, 15) is 19.2 Å². The molecular weight excluding hydrogens is 620 g/mol. The third-order valence-electron chi connectivity index (χ3n) is 7.67. The van der Waals surface area contributed by atoms with E-state index in [1.54, 1.807) is 25.7 Å². The van der Waals surface area contributed by atoms with Crippen molar-refractivity contribution < 1.29 is 38.2 Å². The molecule has 0 radical (unpaired) electrons. The van der Waals surface area contributed by atoms with Crippen molar-refractivity contribution in [1.82, 2.24) is 30.6 Å². The highest BCUT2D eigenvalue weighted by molar-refractivity contribution is 5.96. The first-order valence-electron chi connectivity index (χ1n) is 16.7. The molecule has 1 aromatic heterocycles. The van der Waals surface area contributed by atoms with E-state index in [0.29, 0.717) is 11.4 Å². The van der Waals surface area contributed by atoms with Crippen LogP contribution in [0.15, 0.2) is 36.4 Å². The van der Waals surface area contributed by atoms with E-state index < -0.39 is 29.7 Å². The summed E-state index contributed by atoms with van der Waals surface area (Å²) in [6.07, 6.45) is 2.29. The smallest absolute Gasteiger partial charge is 0.474 e. The molecule has 0 unspecified atom stereocenters. The maximum Gasteiger partial charge on any atom is 0.527 e. The van der Waals surface area contributed by atoms with E-state index in [2.05, 4.69) is 20.6 Å². The Labute approximate surface area is 281 Å². The molecule has 14 nitrogen and oxygen atoms in total. The van der Waals surface area contributed by atoms with Gasteiger partial charge < -0.3 is 34.6 Å². The number of ether oxygens (including phenoxy) is 3. The molecule has 2 aromatic rings. The maximum absolute atomic E-state index is 13.8. The number of piperazine rings is 1. The molecule has 2 amide bonds. The van der Waals surface area contributed by atoms with Gasteiger partial charge in [-0.15, -0.1) is 5.06 Å². The highest BCUT2D eigenvalue weighted by atomic mass is 16.8. The van der Waals surface area contributed by atoms with Gasteiger partial charge in [-0.3, -0.25) is 14.4 Å². The molecule has 0 bridgehead atoms. The molecule has 0 aliphatic carbocycles. The van der Waals surface area contributed by atoms with Gasteiger partial charge in [0.1, 0.15) is 23.4 Å². The molecular formula is C34H48N6O8. The van der Waals surface area contributed by atoms with Crippen molar-refractivity contribution in [2.45, 2.75) is 84.0 Å². The minimum Gasteiger partial charge on any atom is -0.474 e. The number of benzene rings is 1. The van der Waals surface area contributed by atoms with Crippen LogP contribution < -0.4 is 15.4 Å². The van der Waals surface area contributed by atoms with Crippen LogP contribution in [0, 0.1) is 0 Å². The molecule has 262 valence electrons. The number of aromatic nitrogens is 2. The number of hydrogen-bond acceptors (Lipinski definition) is 12. The maximum atomic E-state index is 13.8. The Hall–Kier alpha value is -4.30. The van der Waals surface area contributed by atoms with Gasteiger partial charge >= 0.3 is 12.1 Å². The first-order chi connectivity index (χ1) is 23.0. The predicted octanol–water partition coefficient (Wildman–Crippen LogP) is 3.51. The van der Waals surface area contributed by atoms with Gasteiger partial charge in [-0.1, -0.05) is 43.7 Å². The van der Waals surface area contributed by atoms with Crippen molar-refractivity contribution in [3.8, 4) is 17.3 Å². The fourth-order valence-electron chi connectivity index (χ4n) is 5.20. The predicted molar refractivity (Wildman–Crippen MR) is 176 cm³/mol. The van der Waals surface area contributed by atoms with E-state index in [1.807, 2.05) is 37.3 Å². The average molecular weight is 669 g/mol. The zero-order chi connectivity index (χ0) is 34.5. The Morgan fingerprint density at radius 3 is 2.40 bits per heavy atom. The topological polar surface area (TPSA) is 162 Å². The molecule has 4 rings (SSSR count). The van der Waals surface area contributed by atoms with Crippen molar-refractivity contribution in [2.75, 3.05) is 45.9 Å². The van der Waals surface area contributed by atoms with Gasteiger partial charge in [0, 0.05) is 31.1 Å². The van der Waals surface area contributed by atoms with Gasteiger partial charge in [0.15, 0.2) is 5.82 Å². The first kappa shape index (κ1) is 36.5. The molecule has 2 N–H and O–H groups in total. The normalized spacial score (nSPS) is 16.5. The van der Waals surface area contributed by atoms with E-state index in [4.69, 9.17) is 19.0 Å². The van der Waals surface area contributed by atoms with Crippen molar-refractivity contribution in [3.63, 3.8) is 0 Å². The number of hydrogen-bond donors (Lipinski definition) is 2. The Morgan fingerprint density at radius 2 is 1.73 bits per heavy atom. The van der Waals surface area contributed by atoms with Gasteiger partial charge in [0.25, 0.3) is 5.91 Å². The first-order valence-corrected chi connectivity index (χ1v) is 16.7. The van der Waals surface area contributed by atoms with Crippen LogP contribution in [0.25, 0.3) is 11.4 Å². The average Bonchev–Trinajstić information content (AvgIpc) is 3.06. The number of nitrogens with one attached hydrogen (secondary N) is 2. The number of amides is 2. The number of carbonyl (C=O) groups is 4. The third kappa shape index (κ3) is 11.7. The van der Waals surface area contributed by atoms with Gasteiger partial charge in [0.2, 0.25) is 11.8 Å². The molecule has 14 heteroatoms. The summed E-state index contributed by atoms with van der Waals surface area (Å²) < 4.78 is 16.7. The zero-order valence-electron chi connectivity index (χ0n) is 28.4. The Morgan fingerprint density at radius 1 is 1.02 bits per heavy atom. The highest BCUT2D eigenvalue weighted by Gasteiger charge is 2.32. The summed E-state index contributed by atoms with van der Waals surface area (Å²) in [5.74, 6) is -0.889. The lowest BCUT2D eigenvalue weighted by Gasteiger charge is -2.35. The fraction of sp³-hybridized carbons (Fsp3) is 0.588. The van der Waals surface area contributed by atoms with E-state index in [-0.39, 0.29) is 69.2 Å². The largest absolute Gasteiger partial charge is 0.527 e. The lowest BCUT2D eigenvalue weighted by atomic mass is 10.1. The van der Waals surface area contributed by atoms with Crippen LogP contribution in [-0.4, -0.2) is 107 Å². The second-order valence-electron chi connectivity index (χ2n) is 12.8. The number of piperidine rings is 1. The van der Waals surface area contributed by atoms with Gasteiger partial charge in [-0.05, 0) is 59.5 Å². The standard InChI is InChI=1S/C34H48N6O8/c1-5-6-22-45-33(44)48-40-20-18-39(19-21-40)32(43)26(12-13-29(41)47-34(2,3)4)37-31(42)27-23-28(46-25-14-16-35-17-15-25)38-30(36-27)24-10-8-7-9-11-24/h7-11,23,25-26,35H,5-6,12-22H2,1-4H3,(H,37,42)/t26-/m0/s1. The lowest BCUT2D eigenvalue weighted by Crippen LogP contribution is -2.55.